The summed E-state index contributed by atoms with van der Waals surface area (Å²) in [4.78, 5) is 27.0. The van der Waals surface area contributed by atoms with E-state index in [9.17, 15) is 9.59 Å². The number of likely N-dealkylation sites (tertiary alicyclic amines) is 1. The van der Waals surface area contributed by atoms with Crippen molar-refractivity contribution in [3.63, 3.8) is 0 Å². The van der Waals surface area contributed by atoms with Crippen LogP contribution >= 0.6 is 0 Å². The van der Waals surface area contributed by atoms with Gasteiger partial charge >= 0.3 is 6.09 Å². The van der Waals surface area contributed by atoms with Crippen molar-refractivity contribution in [3.8, 4) is 6.07 Å². The highest BCUT2D eigenvalue weighted by molar-refractivity contribution is 5.86. The Hall–Kier alpha value is -2.55. The predicted octanol–water partition coefficient (Wildman–Crippen LogP) is 3.64. The Labute approximate surface area is 173 Å². The lowest BCUT2D eigenvalue weighted by Crippen LogP contribution is -2.49. The van der Waals surface area contributed by atoms with Crippen molar-refractivity contribution in [2.45, 2.75) is 64.5 Å². The molecular weight excluding hydrogens is 366 g/mol. The summed E-state index contributed by atoms with van der Waals surface area (Å²) >= 11 is 0. The molecule has 0 spiro atoms. The van der Waals surface area contributed by atoms with Gasteiger partial charge in [0, 0.05) is 13.1 Å². The highest BCUT2D eigenvalue weighted by Gasteiger charge is 2.40. The summed E-state index contributed by atoms with van der Waals surface area (Å²) in [5.41, 5.74) is 1.34. The maximum Gasteiger partial charge on any atom is 0.408 e. The molecule has 156 valence electrons. The number of nitrogens with one attached hydrogen (secondary N) is 1. The number of nitriles is 1. The average molecular weight is 398 g/mol. The molecule has 1 aromatic carbocycles. The largest absolute Gasteiger partial charge is 0.444 e. The van der Waals surface area contributed by atoms with Gasteiger partial charge < -0.3 is 15.0 Å². The number of rotatable bonds is 5. The Bertz CT molecular complexity index is 776. The zero-order valence-electron chi connectivity index (χ0n) is 17.6. The van der Waals surface area contributed by atoms with E-state index in [1.165, 1.54) is 5.56 Å². The molecule has 0 bridgehead atoms. The zero-order valence-corrected chi connectivity index (χ0v) is 17.6. The number of benzene rings is 1. The normalized spacial score (nSPS) is 24.4. The lowest BCUT2D eigenvalue weighted by atomic mass is 10.1. The van der Waals surface area contributed by atoms with E-state index in [-0.39, 0.29) is 5.91 Å². The maximum absolute atomic E-state index is 13.0. The molecule has 1 saturated heterocycles. The van der Waals surface area contributed by atoms with Crippen molar-refractivity contribution >= 4 is 12.0 Å². The Kier molecular flexibility index (Phi) is 6.46. The summed E-state index contributed by atoms with van der Waals surface area (Å²) in [5, 5.41) is 11.7. The molecule has 1 aliphatic carbocycles. The number of hydrogen-bond acceptors (Lipinski definition) is 4. The van der Waals surface area contributed by atoms with Crippen LogP contribution in [0.2, 0.25) is 0 Å². The van der Waals surface area contributed by atoms with E-state index in [0.29, 0.717) is 23.8 Å². The van der Waals surface area contributed by atoms with E-state index in [1.807, 2.05) is 49.9 Å². The minimum Gasteiger partial charge on any atom is -0.444 e. The summed E-state index contributed by atoms with van der Waals surface area (Å²) in [6.45, 7) is 6.95. The number of hydrogen-bond donors (Lipinski definition) is 1. The van der Waals surface area contributed by atoms with Crippen molar-refractivity contribution < 1.29 is 14.3 Å². The Balaban J connectivity index is 1.51. The smallest absolute Gasteiger partial charge is 0.408 e. The highest BCUT2D eigenvalue weighted by Crippen LogP contribution is 2.42. The van der Waals surface area contributed by atoms with Gasteiger partial charge in [-0.25, -0.2) is 4.79 Å². The van der Waals surface area contributed by atoms with E-state index >= 15 is 0 Å². The van der Waals surface area contributed by atoms with Crippen LogP contribution in [0.3, 0.4) is 0 Å². The summed E-state index contributed by atoms with van der Waals surface area (Å²) in [6, 6.07) is 9.40. The molecule has 29 heavy (non-hydrogen) atoms. The van der Waals surface area contributed by atoms with Gasteiger partial charge in [0.2, 0.25) is 5.91 Å². The van der Waals surface area contributed by atoms with Crippen LogP contribution in [0.4, 0.5) is 4.79 Å². The minimum atomic E-state index is -0.579. The van der Waals surface area contributed by atoms with Crippen LogP contribution in [0.25, 0.3) is 0 Å². The van der Waals surface area contributed by atoms with E-state index < -0.39 is 17.7 Å². The first-order valence-electron chi connectivity index (χ1n) is 10.5. The Morgan fingerprint density at radius 3 is 2.62 bits per heavy atom. The third-order valence-electron chi connectivity index (χ3n) is 5.58. The van der Waals surface area contributed by atoms with Gasteiger partial charge in [0.1, 0.15) is 11.6 Å². The van der Waals surface area contributed by atoms with Crippen LogP contribution in [0, 0.1) is 23.2 Å². The number of alkyl carbamates (subject to hydrolysis) is 1. The topological polar surface area (TPSA) is 82.4 Å². The third kappa shape index (κ3) is 6.22. The van der Waals surface area contributed by atoms with Gasteiger partial charge in [-0.3, -0.25) is 4.79 Å². The van der Waals surface area contributed by atoms with Crippen LogP contribution in [-0.2, 0) is 16.0 Å². The molecule has 2 amide bonds. The molecule has 2 fully saturated rings. The summed E-state index contributed by atoms with van der Waals surface area (Å²) in [6.07, 6.45) is 4.12. The van der Waals surface area contributed by atoms with E-state index in [4.69, 9.17) is 10.00 Å². The van der Waals surface area contributed by atoms with Crippen LogP contribution in [-0.4, -0.2) is 41.6 Å². The Morgan fingerprint density at radius 2 is 1.97 bits per heavy atom. The molecule has 2 aliphatic rings. The fraction of sp³-hybridized carbons (Fsp3) is 0.609. The molecule has 1 heterocycles. The third-order valence-corrected chi connectivity index (χ3v) is 5.58. The molecule has 3 atom stereocenters. The molecule has 3 rings (SSSR count). The van der Waals surface area contributed by atoms with Gasteiger partial charge in [-0.05, 0) is 82.4 Å². The van der Waals surface area contributed by atoms with Gasteiger partial charge in [0.05, 0.1) is 11.6 Å². The van der Waals surface area contributed by atoms with Gasteiger partial charge in [-0.2, -0.15) is 5.26 Å². The Morgan fingerprint density at radius 1 is 1.24 bits per heavy atom. The van der Waals surface area contributed by atoms with Crippen molar-refractivity contribution in [1.29, 1.82) is 5.26 Å². The lowest BCUT2D eigenvalue weighted by molar-refractivity contribution is -0.133. The van der Waals surface area contributed by atoms with Gasteiger partial charge in [0.15, 0.2) is 0 Å². The molecular formula is C23H31N3O3. The first kappa shape index (κ1) is 21.2. The van der Waals surface area contributed by atoms with Gasteiger partial charge in [-0.15, -0.1) is 0 Å². The van der Waals surface area contributed by atoms with Gasteiger partial charge in [-0.1, -0.05) is 12.1 Å². The van der Waals surface area contributed by atoms with Crippen molar-refractivity contribution in [2.75, 3.05) is 13.1 Å². The zero-order chi connectivity index (χ0) is 21.0. The van der Waals surface area contributed by atoms with E-state index in [0.717, 1.165) is 38.8 Å². The number of carbonyl (C=O) groups is 2. The molecule has 1 N–H and O–H groups in total. The van der Waals surface area contributed by atoms with Crippen LogP contribution < -0.4 is 5.32 Å². The number of amides is 2. The summed E-state index contributed by atoms with van der Waals surface area (Å²) in [7, 11) is 0. The first-order valence-corrected chi connectivity index (χ1v) is 10.5. The minimum absolute atomic E-state index is 0.0115. The van der Waals surface area contributed by atoms with Crippen LogP contribution in [0.15, 0.2) is 24.3 Å². The van der Waals surface area contributed by atoms with Crippen molar-refractivity contribution in [1.82, 2.24) is 10.2 Å². The second-order valence-corrected chi connectivity index (χ2v) is 9.25. The van der Waals surface area contributed by atoms with Crippen LogP contribution in [0.1, 0.15) is 57.6 Å². The molecule has 0 aromatic heterocycles. The van der Waals surface area contributed by atoms with E-state index in [1.54, 1.807) is 0 Å². The molecule has 6 nitrogen and oxygen atoms in total. The molecule has 1 aromatic rings. The summed E-state index contributed by atoms with van der Waals surface area (Å²) < 4.78 is 5.32. The second kappa shape index (κ2) is 8.86. The average Bonchev–Trinajstić information content (AvgIpc) is 3.41. The number of nitrogens with zero attached hydrogens (tertiary/aromatic N) is 2. The lowest BCUT2D eigenvalue weighted by Gasteiger charge is -2.26. The fourth-order valence-electron chi connectivity index (χ4n) is 3.96. The first-order chi connectivity index (χ1) is 13.7. The van der Waals surface area contributed by atoms with Crippen molar-refractivity contribution in [3.05, 3.63) is 35.4 Å². The fourth-order valence-corrected chi connectivity index (χ4v) is 3.96. The molecule has 1 unspecified atom stereocenters. The maximum atomic E-state index is 13.0. The number of ether oxygens (including phenoxy) is 1. The summed E-state index contributed by atoms with van der Waals surface area (Å²) in [5.74, 6) is 1.10. The number of carbonyl (C=O) groups excluding carboxylic acids is 2. The molecule has 1 saturated carbocycles. The monoisotopic (exact) mass is 397 g/mol. The molecule has 1 aliphatic heterocycles. The highest BCUT2D eigenvalue weighted by atomic mass is 16.6. The van der Waals surface area contributed by atoms with Crippen LogP contribution in [0.5, 0.6) is 0 Å². The molecule has 0 radical (unpaired) electrons. The van der Waals surface area contributed by atoms with E-state index in [2.05, 4.69) is 11.4 Å². The van der Waals surface area contributed by atoms with Gasteiger partial charge in [0.25, 0.3) is 0 Å². The van der Waals surface area contributed by atoms with Crippen molar-refractivity contribution in [2.24, 2.45) is 11.8 Å². The second-order valence-electron chi connectivity index (χ2n) is 9.25. The quantitative estimate of drug-likeness (QED) is 0.822. The molecule has 6 heteroatoms. The standard InChI is InChI=1S/C23H31N3O3/c1-23(2,3)29-22(28)25-20-6-4-5-11-26(21(20)27)15-19-13-18(19)12-16-7-9-17(14-24)10-8-16/h7-10,18-20H,4-6,11-13,15H2,1-3H3,(H,25,28)/t18-,19?,20-/m0/s1. The predicted molar refractivity (Wildman–Crippen MR) is 110 cm³/mol. The SMILES string of the molecule is CC(C)(C)OC(=O)N[C@H]1CCCCN(CC2C[C@@H]2Cc2ccc(C#N)cc2)C1=O.